The fourth-order valence-corrected chi connectivity index (χ4v) is 4.30. The van der Waals surface area contributed by atoms with E-state index >= 15 is 0 Å². The monoisotopic (exact) mass is 427 g/mol. The van der Waals surface area contributed by atoms with Gasteiger partial charge >= 0.3 is 0 Å². The first-order valence-electron chi connectivity index (χ1n) is 10.4. The number of likely N-dealkylation sites (N-methyl/N-ethyl adjacent to an activating group) is 1. The third-order valence-corrected chi connectivity index (χ3v) is 6.39. The van der Waals surface area contributed by atoms with Gasteiger partial charge in [0.15, 0.2) is 11.5 Å². The number of nitrogens with zero attached hydrogens (tertiary/aromatic N) is 2. The van der Waals surface area contributed by atoms with Crippen LogP contribution in [-0.2, 0) is 17.9 Å². The van der Waals surface area contributed by atoms with E-state index in [9.17, 15) is 4.79 Å². The van der Waals surface area contributed by atoms with Gasteiger partial charge in [0.2, 0.25) is 5.91 Å². The van der Waals surface area contributed by atoms with E-state index in [-0.39, 0.29) is 5.91 Å². The first-order valence-corrected chi connectivity index (χ1v) is 11.4. The highest BCUT2D eigenvalue weighted by Crippen LogP contribution is 2.34. The maximum Gasteiger partial charge on any atom is 0.230 e. The van der Waals surface area contributed by atoms with Crippen molar-refractivity contribution in [1.29, 1.82) is 0 Å². The molecule has 1 amide bonds. The number of carbonyl (C=O) groups is 1. The van der Waals surface area contributed by atoms with Crippen molar-refractivity contribution in [3.63, 3.8) is 0 Å². The molecule has 0 aromatic heterocycles. The van der Waals surface area contributed by atoms with Crippen molar-refractivity contribution in [2.45, 2.75) is 18.0 Å². The molecule has 0 bridgehead atoms. The van der Waals surface area contributed by atoms with Crippen LogP contribution in [0.5, 0.6) is 11.5 Å². The summed E-state index contributed by atoms with van der Waals surface area (Å²) in [6.07, 6.45) is 0. The number of thioether (sulfide) groups is 1. The smallest absolute Gasteiger partial charge is 0.230 e. The molecule has 6 nitrogen and oxygen atoms in total. The van der Waals surface area contributed by atoms with Crippen molar-refractivity contribution in [3.8, 4) is 11.5 Å². The third-order valence-electron chi connectivity index (χ3n) is 5.40. The topological polar surface area (TPSA) is 54.0 Å². The van der Waals surface area contributed by atoms with Gasteiger partial charge in [-0.2, -0.15) is 0 Å². The van der Waals surface area contributed by atoms with Crippen LogP contribution in [0, 0.1) is 0 Å². The Labute approximate surface area is 182 Å². The van der Waals surface area contributed by atoms with E-state index in [0.717, 1.165) is 54.7 Å². The second kappa shape index (κ2) is 10.2. The largest absolute Gasteiger partial charge is 0.486 e. The normalized spacial score (nSPS) is 17.0. The molecule has 1 N–H and O–H groups in total. The summed E-state index contributed by atoms with van der Waals surface area (Å²) in [6.45, 7) is 7.20. The Morgan fingerprint density at radius 2 is 1.67 bits per heavy atom. The molecular weight excluding hydrogens is 398 g/mol. The Morgan fingerprint density at radius 1 is 0.967 bits per heavy atom. The van der Waals surface area contributed by atoms with Gasteiger partial charge in [0.05, 0.1) is 5.75 Å². The Hall–Kier alpha value is -2.22. The predicted molar refractivity (Wildman–Crippen MR) is 119 cm³/mol. The van der Waals surface area contributed by atoms with Crippen LogP contribution < -0.4 is 14.8 Å². The first kappa shape index (κ1) is 21.0. The van der Waals surface area contributed by atoms with Crippen molar-refractivity contribution in [1.82, 2.24) is 15.1 Å². The summed E-state index contributed by atoms with van der Waals surface area (Å²) >= 11 is 1.50. The summed E-state index contributed by atoms with van der Waals surface area (Å²) in [5.74, 6) is 1.92. The fraction of sp³-hybridized carbons (Fsp3) is 0.435. The molecule has 0 spiro atoms. The van der Waals surface area contributed by atoms with Gasteiger partial charge in [-0.15, -0.1) is 11.8 Å². The van der Waals surface area contributed by atoms with Crippen LogP contribution in [0.2, 0.25) is 0 Å². The second-order valence-corrected chi connectivity index (χ2v) is 8.82. The third kappa shape index (κ3) is 5.90. The summed E-state index contributed by atoms with van der Waals surface area (Å²) in [4.78, 5) is 18.1. The lowest BCUT2D eigenvalue weighted by Crippen LogP contribution is -2.43. The van der Waals surface area contributed by atoms with Crippen LogP contribution >= 0.6 is 11.8 Å². The molecule has 0 unspecified atom stereocenters. The highest BCUT2D eigenvalue weighted by Gasteiger charge is 2.14. The standard InChI is InChI=1S/C23H29N3O3S/c1-25-8-10-26(11-9-25)16-19-4-2-18(3-5-19)15-24-23(27)17-30-20-6-7-21-22(14-20)29-13-12-28-21/h2-7,14H,8-13,15-17H2,1H3,(H,24,27). The number of ether oxygens (including phenoxy) is 2. The average molecular weight is 428 g/mol. The number of hydrogen-bond acceptors (Lipinski definition) is 6. The molecule has 4 rings (SSSR count). The summed E-state index contributed by atoms with van der Waals surface area (Å²) in [6, 6.07) is 14.4. The Bertz CT molecular complexity index is 851. The number of rotatable bonds is 7. The van der Waals surface area contributed by atoms with Crippen molar-refractivity contribution in [2.75, 3.05) is 52.2 Å². The summed E-state index contributed by atoms with van der Waals surface area (Å²) in [5.41, 5.74) is 2.44. The molecule has 0 radical (unpaired) electrons. The first-order chi connectivity index (χ1) is 14.7. The lowest BCUT2D eigenvalue weighted by molar-refractivity contribution is -0.118. The Kier molecular flexibility index (Phi) is 7.15. The van der Waals surface area contributed by atoms with Crippen molar-refractivity contribution < 1.29 is 14.3 Å². The maximum atomic E-state index is 12.2. The number of amides is 1. The number of fused-ring (bicyclic) bond motifs is 1. The molecule has 2 heterocycles. The molecule has 160 valence electrons. The molecule has 0 atom stereocenters. The van der Waals surface area contributed by atoms with Crippen molar-refractivity contribution in [3.05, 3.63) is 53.6 Å². The number of nitrogens with one attached hydrogen (secondary N) is 1. The van der Waals surface area contributed by atoms with Crippen molar-refractivity contribution >= 4 is 17.7 Å². The summed E-state index contributed by atoms with van der Waals surface area (Å²) < 4.78 is 11.1. The number of piperazine rings is 1. The quantitative estimate of drug-likeness (QED) is 0.686. The molecule has 1 fully saturated rings. The minimum absolute atomic E-state index is 0.0244. The van der Waals surface area contributed by atoms with Crippen LogP contribution in [0.1, 0.15) is 11.1 Å². The minimum Gasteiger partial charge on any atom is -0.486 e. The van der Waals surface area contributed by atoms with E-state index in [1.54, 1.807) is 0 Å². The molecule has 30 heavy (non-hydrogen) atoms. The maximum absolute atomic E-state index is 12.2. The molecule has 2 aliphatic heterocycles. The molecule has 2 aromatic carbocycles. The fourth-order valence-electron chi connectivity index (χ4n) is 3.54. The highest BCUT2D eigenvalue weighted by molar-refractivity contribution is 8.00. The number of carbonyl (C=O) groups excluding carboxylic acids is 1. The second-order valence-electron chi connectivity index (χ2n) is 7.77. The van der Waals surface area contributed by atoms with Crippen LogP contribution in [0.15, 0.2) is 47.4 Å². The van der Waals surface area contributed by atoms with Gasteiger partial charge in [-0.05, 0) is 36.4 Å². The van der Waals surface area contributed by atoms with Gasteiger partial charge in [-0.1, -0.05) is 24.3 Å². The zero-order chi connectivity index (χ0) is 20.8. The van der Waals surface area contributed by atoms with Gasteiger partial charge in [0.1, 0.15) is 13.2 Å². The molecule has 2 aromatic rings. The molecule has 0 aliphatic carbocycles. The van der Waals surface area contributed by atoms with Crippen LogP contribution in [0.3, 0.4) is 0 Å². The van der Waals surface area contributed by atoms with E-state index in [4.69, 9.17) is 9.47 Å². The lowest BCUT2D eigenvalue weighted by Gasteiger charge is -2.32. The van der Waals surface area contributed by atoms with Crippen LogP contribution in [-0.4, -0.2) is 67.9 Å². The van der Waals surface area contributed by atoms with E-state index in [0.29, 0.717) is 25.5 Å². The van der Waals surface area contributed by atoms with E-state index in [2.05, 4.69) is 46.4 Å². The summed E-state index contributed by atoms with van der Waals surface area (Å²) in [7, 11) is 2.18. The molecule has 2 aliphatic rings. The van der Waals surface area contributed by atoms with E-state index < -0.39 is 0 Å². The van der Waals surface area contributed by atoms with Gasteiger partial charge < -0.3 is 19.7 Å². The molecular formula is C23H29N3O3S. The van der Waals surface area contributed by atoms with Crippen LogP contribution in [0.4, 0.5) is 0 Å². The van der Waals surface area contributed by atoms with Gasteiger partial charge in [-0.3, -0.25) is 9.69 Å². The number of benzene rings is 2. The van der Waals surface area contributed by atoms with E-state index in [1.165, 1.54) is 17.3 Å². The predicted octanol–water partition coefficient (Wildman–Crippen LogP) is 2.61. The Balaban J connectivity index is 1.19. The van der Waals surface area contributed by atoms with Crippen LogP contribution in [0.25, 0.3) is 0 Å². The highest BCUT2D eigenvalue weighted by atomic mass is 32.2. The summed E-state index contributed by atoms with van der Waals surface area (Å²) in [5, 5.41) is 3.01. The minimum atomic E-state index is 0.0244. The van der Waals surface area contributed by atoms with Gasteiger partial charge in [0.25, 0.3) is 0 Å². The van der Waals surface area contributed by atoms with Gasteiger partial charge in [0, 0.05) is 44.2 Å². The lowest BCUT2D eigenvalue weighted by atomic mass is 10.1. The number of hydrogen-bond donors (Lipinski definition) is 1. The molecule has 7 heteroatoms. The SMILES string of the molecule is CN1CCN(Cc2ccc(CNC(=O)CSc3ccc4c(c3)OCCO4)cc2)CC1. The zero-order valence-corrected chi connectivity index (χ0v) is 18.2. The molecule has 1 saturated heterocycles. The zero-order valence-electron chi connectivity index (χ0n) is 17.4. The van der Waals surface area contributed by atoms with Gasteiger partial charge in [-0.25, -0.2) is 0 Å². The Morgan fingerprint density at radius 3 is 2.43 bits per heavy atom. The molecule has 0 saturated carbocycles. The van der Waals surface area contributed by atoms with E-state index in [1.807, 2.05) is 18.2 Å². The average Bonchev–Trinajstić information content (AvgIpc) is 2.78. The van der Waals surface area contributed by atoms with Crippen molar-refractivity contribution in [2.24, 2.45) is 0 Å².